The lowest BCUT2D eigenvalue weighted by Crippen LogP contribution is -2.45. The third-order valence-electron chi connectivity index (χ3n) is 6.13. The third-order valence-corrected chi connectivity index (χ3v) is 6.13. The second kappa shape index (κ2) is 8.70. The number of benzene rings is 1. The van der Waals surface area contributed by atoms with Crippen molar-refractivity contribution in [2.45, 2.75) is 25.7 Å². The first-order chi connectivity index (χ1) is 13.7. The first kappa shape index (κ1) is 18.9. The lowest BCUT2D eigenvalue weighted by atomic mass is 9.79. The van der Waals surface area contributed by atoms with Crippen molar-refractivity contribution in [2.24, 2.45) is 5.41 Å². The molecule has 1 spiro atoms. The largest absolute Gasteiger partial charge is 0.339 e. The molecule has 0 radical (unpaired) electrons. The highest BCUT2D eigenvalue weighted by molar-refractivity contribution is 5.91. The Morgan fingerprint density at radius 3 is 2.71 bits per heavy atom. The van der Waals surface area contributed by atoms with Crippen molar-refractivity contribution in [3.63, 3.8) is 0 Å². The average Bonchev–Trinajstić information content (AvgIpc) is 3.15. The zero-order chi connectivity index (χ0) is 19.2. The van der Waals surface area contributed by atoms with Gasteiger partial charge < -0.3 is 9.80 Å². The van der Waals surface area contributed by atoms with Crippen molar-refractivity contribution in [3.8, 4) is 0 Å². The van der Waals surface area contributed by atoms with Gasteiger partial charge in [-0.2, -0.15) is 0 Å². The summed E-state index contributed by atoms with van der Waals surface area (Å²) in [5.41, 5.74) is 2.52. The second-order valence-electron chi connectivity index (χ2n) is 8.21. The van der Waals surface area contributed by atoms with Crippen molar-refractivity contribution in [1.29, 1.82) is 0 Å². The summed E-state index contributed by atoms with van der Waals surface area (Å²) >= 11 is 0. The molecule has 1 unspecified atom stereocenters. The number of piperidine rings is 1. The molecule has 2 aliphatic rings. The van der Waals surface area contributed by atoms with Crippen LogP contribution < -0.4 is 0 Å². The fourth-order valence-electron chi connectivity index (χ4n) is 4.63. The number of aromatic nitrogens is 1. The maximum absolute atomic E-state index is 12.6. The van der Waals surface area contributed by atoms with Crippen LogP contribution in [0.1, 0.15) is 30.5 Å². The second-order valence-corrected chi connectivity index (χ2v) is 8.21. The molecule has 4 heteroatoms. The highest BCUT2D eigenvalue weighted by Crippen LogP contribution is 2.39. The van der Waals surface area contributed by atoms with Crippen molar-refractivity contribution < 1.29 is 4.79 Å². The summed E-state index contributed by atoms with van der Waals surface area (Å²) in [6.45, 7) is 5.17. The SMILES string of the molecule is O=C(C=Cc1ccccn1)N1CCC2(CCCN(CCc3ccccc3)C2)C1. The topological polar surface area (TPSA) is 36.4 Å². The quantitative estimate of drug-likeness (QED) is 0.749. The van der Waals surface area contributed by atoms with Crippen molar-refractivity contribution in [1.82, 2.24) is 14.8 Å². The molecule has 28 heavy (non-hydrogen) atoms. The molecule has 1 aromatic carbocycles. The molecule has 1 atom stereocenters. The van der Waals surface area contributed by atoms with Crippen LogP contribution in [0.4, 0.5) is 0 Å². The van der Waals surface area contributed by atoms with Gasteiger partial charge in [0.25, 0.3) is 0 Å². The molecular weight excluding hydrogens is 346 g/mol. The fraction of sp³-hybridized carbons (Fsp3) is 0.417. The maximum atomic E-state index is 12.6. The first-order valence-corrected chi connectivity index (χ1v) is 10.4. The maximum Gasteiger partial charge on any atom is 0.246 e. The van der Waals surface area contributed by atoms with Crippen LogP contribution in [0.2, 0.25) is 0 Å². The molecule has 0 aliphatic carbocycles. The minimum Gasteiger partial charge on any atom is -0.339 e. The number of nitrogens with zero attached hydrogens (tertiary/aromatic N) is 3. The molecule has 1 amide bonds. The van der Waals surface area contributed by atoms with Gasteiger partial charge in [0.1, 0.15) is 0 Å². The Balaban J connectivity index is 1.31. The standard InChI is InChI=1S/C24H29N3O/c28-23(11-10-22-9-4-5-15-25-22)27-18-14-24(20-27)13-6-16-26(19-24)17-12-21-7-2-1-3-8-21/h1-5,7-11,15H,6,12-14,16-20H2. The molecular formula is C24H29N3O. The number of rotatable bonds is 5. The summed E-state index contributed by atoms with van der Waals surface area (Å²) in [4.78, 5) is 21.5. The Kier molecular flexibility index (Phi) is 5.87. The molecule has 0 bridgehead atoms. The summed E-state index contributed by atoms with van der Waals surface area (Å²) < 4.78 is 0. The van der Waals surface area contributed by atoms with E-state index in [1.165, 1.54) is 24.9 Å². The van der Waals surface area contributed by atoms with Crippen LogP contribution in [-0.2, 0) is 11.2 Å². The van der Waals surface area contributed by atoms with Gasteiger partial charge >= 0.3 is 0 Å². The number of carbonyl (C=O) groups is 1. The summed E-state index contributed by atoms with van der Waals surface area (Å²) in [5.74, 6) is 0.115. The number of amides is 1. The monoisotopic (exact) mass is 375 g/mol. The predicted molar refractivity (Wildman–Crippen MR) is 113 cm³/mol. The molecule has 4 nitrogen and oxygen atoms in total. The lowest BCUT2D eigenvalue weighted by Gasteiger charge is -2.40. The van der Waals surface area contributed by atoms with E-state index in [9.17, 15) is 4.79 Å². The summed E-state index contributed by atoms with van der Waals surface area (Å²) in [7, 11) is 0. The average molecular weight is 376 g/mol. The highest BCUT2D eigenvalue weighted by Gasteiger charge is 2.42. The number of likely N-dealkylation sites (tertiary alicyclic amines) is 2. The van der Waals surface area contributed by atoms with Crippen LogP contribution in [-0.4, -0.2) is 53.4 Å². The van der Waals surface area contributed by atoms with Crippen LogP contribution >= 0.6 is 0 Å². The molecule has 0 N–H and O–H groups in total. The summed E-state index contributed by atoms with van der Waals surface area (Å²) in [5, 5.41) is 0. The van der Waals surface area contributed by atoms with Crippen LogP contribution in [0.3, 0.4) is 0 Å². The van der Waals surface area contributed by atoms with Crippen molar-refractivity contribution in [3.05, 3.63) is 72.1 Å². The molecule has 1 aromatic heterocycles. The van der Waals surface area contributed by atoms with Crippen LogP contribution in [0, 0.1) is 5.41 Å². The van der Waals surface area contributed by atoms with Gasteiger partial charge in [-0.25, -0.2) is 0 Å². The lowest BCUT2D eigenvalue weighted by molar-refractivity contribution is -0.125. The van der Waals surface area contributed by atoms with Gasteiger partial charge in [-0.3, -0.25) is 9.78 Å². The Morgan fingerprint density at radius 2 is 1.89 bits per heavy atom. The van der Waals surface area contributed by atoms with E-state index in [1.807, 2.05) is 29.2 Å². The molecule has 146 valence electrons. The Morgan fingerprint density at radius 1 is 1.04 bits per heavy atom. The van der Waals surface area contributed by atoms with Crippen LogP contribution in [0.5, 0.6) is 0 Å². The van der Waals surface area contributed by atoms with E-state index >= 15 is 0 Å². The fourth-order valence-corrected chi connectivity index (χ4v) is 4.63. The van der Waals surface area contributed by atoms with E-state index in [0.717, 1.165) is 44.7 Å². The van der Waals surface area contributed by atoms with Gasteiger partial charge in [-0.15, -0.1) is 0 Å². The van der Waals surface area contributed by atoms with Gasteiger partial charge in [0.15, 0.2) is 0 Å². The molecule has 3 heterocycles. The Labute approximate surface area is 167 Å². The molecule has 2 saturated heterocycles. The highest BCUT2D eigenvalue weighted by atomic mass is 16.2. The third kappa shape index (κ3) is 4.68. The van der Waals surface area contributed by atoms with Gasteiger partial charge in [0, 0.05) is 43.9 Å². The zero-order valence-corrected chi connectivity index (χ0v) is 16.5. The van der Waals surface area contributed by atoms with E-state index in [1.54, 1.807) is 12.3 Å². The zero-order valence-electron chi connectivity index (χ0n) is 16.5. The minimum atomic E-state index is 0.115. The first-order valence-electron chi connectivity index (χ1n) is 10.4. The molecule has 0 saturated carbocycles. The molecule has 2 aromatic rings. The van der Waals surface area contributed by atoms with Gasteiger partial charge in [-0.05, 0) is 56.0 Å². The van der Waals surface area contributed by atoms with E-state index in [4.69, 9.17) is 0 Å². The number of carbonyl (C=O) groups excluding carboxylic acids is 1. The predicted octanol–water partition coefficient (Wildman–Crippen LogP) is 3.65. The molecule has 2 aliphatic heterocycles. The smallest absolute Gasteiger partial charge is 0.246 e. The van der Waals surface area contributed by atoms with Crippen LogP contribution in [0.15, 0.2) is 60.8 Å². The van der Waals surface area contributed by atoms with E-state index in [2.05, 4.69) is 40.2 Å². The van der Waals surface area contributed by atoms with E-state index in [-0.39, 0.29) is 11.3 Å². The van der Waals surface area contributed by atoms with Gasteiger partial charge in [0.05, 0.1) is 5.69 Å². The molecule has 4 rings (SSSR count). The van der Waals surface area contributed by atoms with Crippen LogP contribution in [0.25, 0.3) is 6.08 Å². The molecule has 2 fully saturated rings. The normalized spacial score (nSPS) is 22.9. The van der Waals surface area contributed by atoms with Gasteiger partial charge in [0.2, 0.25) is 5.91 Å². The minimum absolute atomic E-state index is 0.115. The number of hydrogen-bond donors (Lipinski definition) is 0. The van der Waals surface area contributed by atoms with Gasteiger partial charge in [-0.1, -0.05) is 36.4 Å². The Bertz CT molecular complexity index is 805. The number of pyridine rings is 1. The van der Waals surface area contributed by atoms with Crippen molar-refractivity contribution >= 4 is 12.0 Å². The van der Waals surface area contributed by atoms with Crippen molar-refractivity contribution in [2.75, 3.05) is 32.7 Å². The summed E-state index contributed by atoms with van der Waals surface area (Å²) in [6.07, 6.45) is 9.95. The van der Waals surface area contributed by atoms with E-state index in [0.29, 0.717) is 0 Å². The summed E-state index contributed by atoms with van der Waals surface area (Å²) in [6, 6.07) is 16.5. The van der Waals surface area contributed by atoms with E-state index < -0.39 is 0 Å². The number of hydrogen-bond acceptors (Lipinski definition) is 3. The Hall–Kier alpha value is -2.46.